The summed E-state index contributed by atoms with van der Waals surface area (Å²) in [4.78, 5) is 18.4. The maximum atomic E-state index is 10.7. The fourth-order valence-electron chi connectivity index (χ4n) is 1.82. The van der Waals surface area contributed by atoms with Crippen LogP contribution in [0.3, 0.4) is 0 Å². The summed E-state index contributed by atoms with van der Waals surface area (Å²) >= 11 is 0. The van der Waals surface area contributed by atoms with Crippen molar-refractivity contribution in [3.63, 3.8) is 0 Å². The van der Waals surface area contributed by atoms with Crippen LogP contribution in [-0.4, -0.2) is 21.0 Å². The molecule has 0 atom stereocenters. The largest absolute Gasteiger partial charge is 0.478 e. The first-order chi connectivity index (χ1) is 9.72. The highest BCUT2D eigenvalue weighted by Crippen LogP contribution is 2.23. The quantitative estimate of drug-likeness (QED) is 0.788. The lowest BCUT2D eigenvalue weighted by molar-refractivity contribution is 0.0696. The molecular formula is C15H10N2O3. The normalized spacial score (nSPS) is 10.4. The number of benzene rings is 2. The van der Waals surface area contributed by atoms with Gasteiger partial charge in [-0.3, -0.25) is 0 Å². The Bertz CT molecular complexity index is 769. The van der Waals surface area contributed by atoms with E-state index in [-0.39, 0.29) is 11.6 Å². The van der Waals surface area contributed by atoms with E-state index in [0.29, 0.717) is 5.75 Å². The van der Waals surface area contributed by atoms with Gasteiger partial charge >= 0.3 is 12.0 Å². The van der Waals surface area contributed by atoms with Gasteiger partial charge in [-0.25, -0.2) is 14.8 Å². The van der Waals surface area contributed by atoms with Crippen LogP contribution < -0.4 is 4.74 Å². The highest BCUT2D eigenvalue weighted by atomic mass is 16.5. The number of hydrogen-bond donors (Lipinski definition) is 1. The zero-order valence-corrected chi connectivity index (χ0v) is 10.4. The van der Waals surface area contributed by atoms with Gasteiger partial charge in [-0.05, 0) is 22.9 Å². The lowest BCUT2D eigenvalue weighted by Gasteiger charge is -2.05. The summed E-state index contributed by atoms with van der Waals surface area (Å²) in [6, 6.07) is 13.7. The number of hydrogen-bond acceptors (Lipinski definition) is 4. The highest BCUT2D eigenvalue weighted by molar-refractivity contribution is 5.86. The van der Waals surface area contributed by atoms with E-state index in [4.69, 9.17) is 9.84 Å². The Labute approximate surface area is 114 Å². The van der Waals surface area contributed by atoms with Gasteiger partial charge in [0.25, 0.3) is 0 Å². The van der Waals surface area contributed by atoms with Crippen LogP contribution in [0, 0.1) is 0 Å². The molecule has 0 aliphatic rings. The van der Waals surface area contributed by atoms with Crippen LogP contribution in [0.2, 0.25) is 0 Å². The smallest absolute Gasteiger partial charge is 0.338 e. The van der Waals surface area contributed by atoms with Gasteiger partial charge in [-0.15, -0.1) is 0 Å². The third-order valence-electron chi connectivity index (χ3n) is 2.81. The Kier molecular flexibility index (Phi) is 3.01. The van der Waals surface area contributed by atoms with Gasteiger partial charge in [0.05, 0.1) is 5.56 Å². The third-order valence-corrected chi connectivity index (χ3v) is 2.81. The fraction of sp³-hybridized carbons (Fsp3) is 0. The third kappa shape index (κ3) is 2.42. The van der Waals surface area contributed by atoms with E-state index in [1.807, 2.05) is 42.5 Å². The molecule has 5 nitrogen and oxygen atoms in total. The van der Waals surface area contributed by atoms with Gasteiger partial charge in [-0.1, -0.05) is 30.3 Å². The number of carbonyl (C=O) groups is 1. The standard InChI is InChI=1S/C15H10N2O3/c18-14(19)12-8-16-15(17-9-12)20-13-6-5-10-3-1-2-4-11(10)7-13/h1-9H,(H,18,19). The second-order valence-electron chi connectivity index (χ2n) is 4.17. The predicted molar refractivity (Wildman–Crippen MR) is 73.0 cm³/mol. The Morgan fingerprint density at radius 3 is 2.40 bits per heavy atom. The van der Waals surface area contributed by atoms with E-state index >= 15 is 0 Å². The number of aromatic carboxylic acids is 1. The van der Waals surface area contributed by atoms with Crippen molar-refractivity contribution in [3.8, 4) is 11.8 Å². The summed E-state index contributed by atoms with van der Waals surface area (Å²) in [7, 11) is 0. The minimum absolute atomic E-state index is 0.0239. The van der Waals surface area contributed by atoms with E-state index in [1.54, 1.807) is 0 Å². The summed E-state index contributed by atoms with van der Waals surface area (Å²) in [5.41, 5.74) is 0.0239. The molecule has 5 heteroatoms. The van der Waals surface area contributed by atoms with E-state index in [0.717, 1.165) is 10.8 Å². The Morgan fingerprint density at radius 1 is 1.00 bits per heavy atom. The minimum atomic E-state index is -1.07. The van der Waals surface area contributed by atoms with Gasteiger partial charge in [0.2, 0.25) is 0 Å². The summed E-state index contributed by atoms with van der Waals surface area (Å²) < 4.78 is 5.51. The first kappa shape index (κ1) is 12.1. The average molecular weight is 266 g/mol. The summed E-state index contributed by atoms with van der Waals surface area (Å²) in [5, 5.41) is 10.9. The van der Waals surface area contributed by atoms with Gasteiger partial charge < -0.3 is 9.84 Å². The lowest BCUT2D eigenvalue weighted by Crippen LogP contribution is -1.99. The molecule has 0 amide bonds. The van der Waals surface area contributed by atoms with Crippen LogP contribution in [0.15, 0.2) is 54.9 Å². The second kappa shape index (κ2) is 4.97. The number of nitrogens with zero attached hydrogens (tertiary/aromatic N) is 2. The monoisotopic (exact) mass is 266 g/mol. The summed E-state index contributed by atoms with van der Waals surface area (Å²) in [6.07, 6.45) is 2.43. The maximum absolute atomic E-state index is 10.7. The molecule has 0 aliphatic carbocycles. The van der Waals surface area contributed by atoms with Crippen molar-refractivity contribution in [2.45, 2.75) is 0 Å². The molecule has 1 N–H and O–H groups in total. The molecule has 0 spiro atoms. The van der Waals surface area contributed by atoms with Gasteiger partial charge in [0, 0.05) is 12.4 Å². The molecule has 0 saturated carbocycles. The molecule has 1 aromatic heterocycles. The highest BCUT2D eigenvalue weighted by Gasteiger charge is 2.06. The molecular weight excluding hydrogens is 256 g/mol. The summed E-state index contributed by atoms with van der Waals surface area (Å²) in [5.74, 6) is -0.464. The number of aromatic nitrogens is 2. The van der Waals surface area contributed by atoms with Crippen molar-refractivity contribution in [2.75, 3.05) is 0 Å². The molecule has 0 radical (unpaired) electrons. The SMILES string of the molecule is O=C(O)c1cnc(Oc2ccc3ccccc3c2)nc1. The van der Waals surface area contributed by atoms with Crippen LogP contribution >= 0.6 is 0 Å². The zero-order valence-electron chi connectivity index (χ0n) is 10.4. The van der Waals surface area contributed by atoms with Gasteiger partial charge in [0.15, 0.2) is 0 Å². The molecule has 0 saturated heterocycles. The predicted octanol–water partition coefficient (Wildman–Crippen LogP) is 3.12. The van der Waals surface area contributed by atoms with Crippen LogP contribution in [-0.2, 0) is 0 Å². The number of ether oxygens (including phenoxy) is 1. The van der Waals surface area contributed by atoms with E-state index in [1.165, 1.54) is 12.4 Å². The van der Waals surface area contributed by atoms with Crippen molar-refractivity contribution >= 4 is 16.7 Å². The molecule has 3 aromatic rings. The molecule has 2 aromatic carbocycles. The van der Waals surface area contributed by atoms with Crippen LogP contribution in [0.1, 0.15) is 10.4 Å². The average Bonchev–Trinajstić information content (AvgIpc) is 2.48. The number of carboxylic acid groups (broad SMARTS) is 1. The first-order valence-electron chi connectivity index (χ1n) is 5.94. The lowest BCUT2D eigenvalue weighted by atomic mass is 10.1. The van der Waals surface area contributed by atoms with Crippen LogP contribution in [0.25, 0.3) is 10.8 Å². The van der Waals surface area contributed by atoms with Crippen molar-refractivity contribution in [3.05, 3.63) is 60.4 Å². The second-order valence-corrected chi connectivity index (χ2v) is 4.17. The van der Waals surface area contributed by atoms with Crippen molar-refractivity contribution in [1.82, 2.24) is 9.97 Å². The Hall–Kier alpha value is -2.95. The Morgan fingerprint density at radius 2 is 1.70 bits per heavy atom. The molecule has 0 fully saturated rings. The number of fused-ring (bicyclic) bond motifs is 1. The van der Waals surface area contributed by atoms with Crippen molar-refractivity contribution < 1.29 is 14.6 Å². The van der Waals surface area contributed by atoms with E-state index in [9.17, 15) is 4.79 Å². The van der Waals surface area contributed by atoms with E-state index in [2.05, 4.69) is 9.97 Å². The van der Waals surface area contributed by atoms with Crippen LogP contribution in [0.4, 0.5) is 0 Å². The topological polar surface area (TPSA) is 72.3 Å². The number of carboxylic acids is 1. The molecule has 0 unspecified atom stereocenters. The minimum Gasteiger partial charge on any atom is -0.478 e. The molecule has 20 heavy (non-hydrogen) atoms. The van der Waals surface area contributed by atoms with Gasteiger partial charge in [-0.2, -0.15) is 0 Å². The zero-order chi connectivity index (χ0) is 13.9. The van der Waals surface area contributed by atoms with E-state index < -0.39 is 5.97 Å². The van der Waals surface area contributed by atoms with Crippen molar-refractivity contribution in [2.24, 2.45) is 0 Å². The first-order valence-corrected chi connectivity index (χ1v) is 5.94. The van der Waals surface area contributed by atoms with Crippen LogP contribution in [0.5, 0.6) is 11.8 Å². The Balaban J connectivity index is 1.87. The maximum Gasteiger partial charge on any atom is 0.338 e. The van der Waals surface area contributed by atoms with Gasteiger partial charge in [0.1, 0.15) is 5.75 Å². The fourth-order valence-corrected chi connectivity index (χ4v) is 1.82. The molecule has 0 bridgehead atoms. The molecule has 3 rings (SSSR count). The molecule has 1 heterocycles. The van der Waals surface area contributed by atoms with Crippen molar-refractivity contribution in [1.29, 1.82) is 0 Å². The summed E-state index contributed by atoms with van der Waals surface area (Å²) in [6.45, 7) is 0. The molecule has 0 aliphatic heterocycles. The molecule has 98 valence electrons. The number of rotatable bonds is 3.